The summed E-state index contributed by atoms with van der Waals surface area (Å²) < 4.78 is 7.73. The van der Waals surface area contributed by atoms with Crippen molar-refractivity contribution < 1.29 is 4.74 Å². The predicted molar refractivity (Wildman–Crippen MR) is 84.8 cm³/mol. The number of aromatic nitrogens is 3. The maximum absolute atomic E-state index is 5.77. The van der Waals surface area contributed by atoms with Gasteiger partial charge < -0.3 is 15.4 Å². The molecular weight excluding hydrogens is 280 g/mol. The standard InChI is InChI=1S/C15H22N6O/c1-15(7-5-9-22-15)11-18-14(16-2)17-10-13-20-19-12-6-3-4-8-21(12)13/h3-4,6,8H,5,7,9-11H2,1-2H3,(H2,16,17,18). The minimum atomic E-state index is -0.0980. The van der Waals surface area contributed by atoms with Crippen molar-refractivity contribution in [2.45, 2.75) is 31.9 Å². The zero-order valence-electron chi connectivity index (χ0n) is 13.0. The number of aliphatic imine (C=N–C) groups is 1. The summed E-state index contributed by atoms with van der Waals surface area (Å²) in [6, 6.07) is 5.84. The number of nitrogens with zero attached hydrogens (tertiary/aromatic N) is 4. The van der Waals surface area contributed by atoms with Gasteiger partial charge in [0.1, 0.15) is 0 Å². The summed E-state index contributed by atoms with van der Waals surface area (Å²) in [5.74, 6) is 1.59. The molecule has 2 N–H and O–H groups in total. The number of pyridine rings is 1. The van der Waals surface area contributed by atoms with Crippen LogP contribution in [0, 0.1) is 0 Å². The highest BCUT2D eigenvalue weighted by Gasteiger charge is 2.29. The van der Waals surface area contributed by atoms with Gasteiger partial charge in [-0.15, -0.1) is 10.2 Å². The Morgan fingerprint density at radius 3 is 3.09 bits per heavy atom. The molecule has 7 heteroatoms. The molecule has 0 radical (unpaired) electrons. The van der Waals surface area contributed by atoms with Crippen LogP contribution in [-0.4, -0.2) is 46.4 Å². The van der Waals surface area contributed by atoms with Gasteiger partial charge in [0.2, 0.25) is 0 Å². The van der Waals surface area contributed by atoms with Crippen LogP contribution in [0.4, 0.5) is 0 Å². The highest BCUT2D eigenvalue weighted by molar-refractivity contribution is 5.79. The minimum absolute atomic E-state index is 0.0980. The van der Waals surface area contributed by atoms with Gasteiger partial charge in [0.05, 0.1) is 12.1 Å². The quantitative estimate of drug-likeness (QED) is 0.650. The highest BCUT2D eigenvalue weighted by atomic mass is 16.5. The van der Waals surface area contributed by atoms with Gasteiger partial charge in [-0.05, 0) is 31.9 Å². The molecule has 0 saturated carbocycles. The van der Waals surface area contributed by atoms with E-state index < -0.39 is 0 Å². The summed E-state index contributed by atoms with van der Waals surface area (Å²) >= 11 is 0. The van der Waals surface area contributed by atoms with Crippen LogP contribution >= 0.6 is 0 Å². The molecule has 3 heterocycles. The van der Waals surface area contributed by atoms with Gasteiger partial charge in [0, 0.05) is 26.4 Å². The summed E-state index contributed by atoms with van der Waals surface area (Å²) in [6.45, 7) is 4.28. The number of guanidine groups is 1. The summed E-state index contributed by atoms with van der Waals surface area (Å²) in [5.41, 5.74) is 0.744. The van der Waals surface area contributed by atoms with Gasteiger partial charge in [0.25, 0.3) is 0 Å². The number of nitrogens with one attached hydrogen (secondary N) is 2. The normalized spacial score (nSPS) is 22.2. The van der Waals surface area contributed by atoms with Gasteiger partial charge in [-0.1, -0.05) is 6.07 Å². The molecule has 7 nitrogen and oxygen atoms in total. The van der Waals surface area contributed by atoms with Crippen molar-refractivity contribution in [3.8, 4) is 0 Å². The van der Waals surface area contributed by atoms with Gasteiger partial charge in [-0.25, -0.2) is 0 Å². The maximum Gasteiger partial charge on any atom is 0.191 e. The molecule has 3 rings (SSSR count). The number of fused-ring (bicyclic) bond motifs is 1. The third-order valence-electron chi connectivity index (χ3n) is 3.95. The Bertz CT molecular complexity index is 659. The van der Waals surface area contributed by atoms with Gasteiger partial charge in [0.15, 0.2) is 17.4 Å². The number of ether oxygens (including phenoxy) is 1. The first-order valence-electron chi connectivity index (χ1n) is 7.57. The van der Waals surface area contributed by atoms with Crippen molar-refractivity contribution in [2.24, 2.45) is 4.99 Å². The largest absolute Gasteiger partial charge is 0.373 e. The molecule has 1 atom stereocenters. The third kappa shape index (κ3) is 3.19. The first kappa shape index (κ1) is 14.8. The van der Waals surface area contributed by atoms with Crippen molar-refractivity contribution in [2.75, 3.05) is 20.2 Å². The van der Waals surface area contributed by atoms with E-state index in [-0.39, 0.29) is 5.60 Å². The lowest BCUT2D eigenvalue weighted by molar-refractivity contribution is 0.0243. The molecule has 118 valence electrons. The summed E-state index contributed by atoms with van der Waals surface area (Å²) in [4.78, 5) is 4.24. The van der Waals surface area contributed by atoms with Crippen LogP contribution in [0.3, 0.4) is 0 Å². The molecule has 2 aromatic heterocycles. The molecule has 1 aliphatic rings. The Morgan fingerprint density at radius 2 is 2.32 bits per heavy atom. The Labute approximate surface area is 129 Å². The van der Waals surface area contributed by atoms with Crippen LogP contribution in [0.2, 0.25) is 0 Å². The SMILES string of the molecule is CN=C(NCc1nnc2ccccn12)NCC1(C)CCCO1. The molecule has 0 amide bonds. The first-order chi connectivity index (χ1) is 10.7. The van der Waals surface area contributed by atoms with E-state index >= 15 is 0 Å². The van der Waals surface area contributed by atoms with Crippen molar-refractivity contribution >= 4 is 11.6 Å². The Balaban J connectivity index is 1.57. The first-order valence-corrected chi connectivity index (χ1v) is 7.57. The van der Waals surface area contributed by atoms with E-state index in [1.54, 1.807) is 7.05 Å². The van der Waals surface area contributed by atoms with E-state index in [1.807, 2.05) is 28.8 Å². The second-order valence-electron chi connectivity index (χ2n) is 5.73. The fourth-order valence-electron chi connectivity index (χ4n) is 2.64. The van der Waals surface area contributed by atoms with E-state index in [1.165, 1.54) is 0 Å². The molecule has 1 aliphatic heterocycles. The summed E-state index contributed by atoms with van der Waals surface area (Å²) in [6.07, 6.45) is 4.15. The molecule has 0 aromatic carbocycles. The molecule has 1 unspecified atom stereocenters. The average molecular weight is 302 g/mol. The topological polar surface area (TPSA) is 75.8 Å². The van der Waals surface area contributed by atoms with Crippen LogP contribution in [0.25, 0.3) is 5.65 Å². The van der Waals surface area contributed by atoms with Crippen molar-refractivity contribution in [3.63, 3.8) is 0 Å². The van der Waals surface area contributed by atoms with E-state index in [0.717, 1.165) is 43.4 Å². The Hall–Kier alpha value is -2.15. The average Bonchev–Trinajstić information content (AvgIpc) is 3.15. The second-order valence-corrected chi connectivity index (χ2v) is 5.73. The van der Waals surface area contributed by atoms with Gasteiger partial charge >= 0.3 is 0 Å². The van der Waals surface area contributed by atoms with E-state index in [0.29, 0.717) is 6.54 Å². The lowest BCUT2D eigenvalue weighted by atomic mass is 10.0. The second kappa shape index (κ2) is 6.31. The molecule has 0 spiro atoms. The minimum Gasteiger partial charge on any atom is -0.373 e. The van der Waals surface area contributed by atoms with Crippen molar-refractivity contribution in [1.82, 2.24) is 25.2 Å². The molecule has 2 aromatic rings. The highest BCUT2D eigenvalue weighted by Crippen LogP contribution is 2.23. The van der Waals surface area contributed by atoms with Crippen LogP contribution in [0.5, 0.6) is 0 Å². The Morgan fingerprint density at radius 1 is 1.41 bits per heavy atom. The molecule has 1 fully saturated rings. The zero-order chi connectivity index (χ0) is 15.4. The van der Waals surface area contributed by atoms with Crippen LogP contribution < -0.4 is 10.6 Å². The Kier molecular flexibility index (Phi) is 4.24. The predicted octanol–water partition coefficient (Wildman–Crippen LogP) is 0.963. The molecular formula is C15H22N6O. The smallest absolute Gasteiger partial charge is 0.191 e. The summed E-state index contributed by atoms with van der Waals surface area (Å²) in [5, 5.41) is 14.9. The molecule has 0 bridgehead atoms. The molecule has 22 heavy (non-hydrogen) atoms. The van der Waals surface area contributed by atoms with E-state index in [4.69, 9.17) is 4.74 Å². The van der Waals surface area contributed by atoms with Gasteiger partial charge in [-0.2, -0.15) is 0 Å². The van der Waals surface area contributed by atoms with E-state index in [9.17, 15) is 0 Å². The zero-order valence-corrected chi connectivity index (χ0v) is 13.0. The van der Waals surface area contributed by atoms with Crippen molar-refractivity contribution in [1.29, 1.82) is 0 Å². The van der Waals surface area contributed by atoms with Crippen LogP contribution in [-0.2, 0) is 11.3 Å². The number of hydrogen-bond acceptors (Lipinski definition) is 4. The lowest BCUT2D eigenvalue weighted by Crippen LogP contribution is -2.45. The summed E-state index contributed by atoms with van der Waals surface area (Å²) in [7, 11) is 1.76. The third-order valence-corrected chi connectivity index (χ3v) is 3.95. The number of hydrogen-bond donors (Lipinski definition) is 2. The van der Waals surface area contributed by atoms with Crippen molar-refractivity contribution in [3.05, 3.63) is 30.2 Å². The maximum atomic E-state index is 5.77. The number of rotatable bonds is 4. The fourth-order valence-corrected chi connectivity index (χ4v) is 2.64. The fraction of sp³-hybridized carbons (Fsp3) is 0.533. The molecule has 0 aliphatic carbocycles. The monoisotopic (exact) mass is 302 g/mol. The lowest BCUT2D eigenvalue weighted by Gasteiger charge is -2.24. The van der Waals surface area contributed by atoms with E-state index in [2.05, 4.69) is 32.7 Å². The van der Waals surface area contributed by atoms with Gasteiger partial charge in [-0.3, -0.25) is 9.39 Å². The van der Waals surface area contributed by atoms with Crippen LogP contribution in [0.15, 0.2) is 29.4 Å². The molecule has 1 saturated heterocycles. The van der Waals surface area contributed by atoms with Crippen LogP contribution in [0.1, 0.15) is 25.6 Å².